The van der Waals surface area contributed by atoms with Crippen molar-refractivity contribution in [2.24, 2.45) is 0 Å². The Morgan fingerprint density at radius 2 is 1.72 bits per heavy atom. The van der Waals surface area contributed by atoms with Crippen LogP contribution in [0.15, 0.2) is 24.3 Å². The van der Waals surface area contributed by atoms with Crippen molar-refractivity contribution in [2.45, 2.75) is 38.2 Å². The lowest BCUT2D eigenvalue weighted by atomic mass is 10.1. The van der Waals surface area contributed by atoms with Gasteiger partial charge in [-0.05, 0) is 31.0 Å². The second kappa shape index (κ2) is 15.4. The molecule has 9 nitrogen and oxygen atoms in total. The molecule has 0 aliphatic rings. The minimum Gasteiger partial charge on any atom is -0.492 e. The van der Waals surface area contributed by atoms with Gasteiger partial charge in [0.15, 0.2) is 6.10 Å². The van der Waals surface area contributed by atoms with Crippen molar-refractivity contribution in [3.63, 3.8) is 0 Å². The predicted molar refractivity (Wildman–Crippen MR) is 117 cm³/mol. The molecular formula is C22H31F5N2O7. The molecular weight excluding hydrogens is 499 g/mol. The van der Waals surface area contributed by atoms with Gasteiger partial charge in [0.2, 0.25) is 0 Å². The van der Waals surface area contributed by atoms with E-state index in [9.17, 15) is 31.5 Å². The van der Waals surface area contributed by atoms with Gasteiger partial charge >= 0.3 is 24.3 Å². The van der Waals surface area contributed by atoms with E-state index in [0.29, 0.717) is 11.3 Å². The third-order valence-corrected chi connectivity index (χ3v) is 4.67. The molecule has 0 saturated carbocycles. The Hall–Kier alpha value is -2.71. The molecule has 0 heterocycles. The van der Waals surface area contributed by atoms with Crippen molar-refractivity contribution in [3.8, 4) is 5.75 Å². The van der Waals surface area contributed by atoms with E-state index in [1.807, 2.05) is 0 Å². The second-order valence-corrected chi connectivity index (χ2v) is 7.41. The Kier molecular flexibility index (Phi) is 13.4. The second-order valence-electron chi connectivity index (χ2n) is 7.41. The summed E-state index contributed by atoms with van der Waals surface area (Å²) in [6, 6.07) is 5.96. The van der Waals surface area contributed by atoms with E-state index in [0.717, 1.165) is 0 Å². The quantitative estimate of drug-likeness (QED) is 0.235. The molecule has 1 aromatic carbocycles. The first kappa shape index (κ1) is 31.3. The van der Waals surface area contributed by atoms with Crippen LogP contribution in [0.4, 0.5) is 26.7 Å². The van der Waals surface area contributed by atoms with Crippen molar-refractivity contribution in [2.75, 3.05) is 53.2 Å². The number of nitrogens with one attached hydrogen (secondary N) is 1. The number of ether oxygens (including phenoxy) is 4. The van der Waals surface area contributed by atoms with Crippen molar-refractivity contribution in [1.29, 1.82) is 0 Å². The molecule has 0 aliphatic carbocycles. The van der Waals surface area contributed by atoms with Gasteiger partial charge in [0.05, 0.1) is 19.8 Å². The smallest absolute Gasteiger partial charge is 0.482 e. The highest BCUT2D eigenvalue weighted by Gasteiger charge is 2.59. The molecule has 2 N–H and O–H groups in total. The van der Waals surface area contributed by atoms with E-state index in [-0.39, 0.29) is 52.3 Å². The summed E-state index contributed by atoms with van der Waals surface area (Å²) in [6.07, 6.45) is -12.2. The summed E-state index contributed by atoms with van der Waals surface area (Å²) in [5, 5.41) is 11.7. The molecule has 0 aromatic heterocycles. The third-order valence-electron chi connectivity index (χ3n) is 4.67. The van der Waals surface area contributed by atoms with Gasteiger partial charge in [0, 0.05) is 33.2 Å². The minimum absolute atomic E-state index is 0.00165. The largest absolute Gasteiger partial charge is 0.492 e. The van der Waals surface area contributed by atoms with Gasteiger partial charge in [-0.25, -0.2) is 9.59 Å². The van der Waals surface area contributed by atoms with E-state index >= 15 is 0 Å². The van der Waals surface area contributed by atoms with Crippen LogP contribution in [-0.4, -0.2) is 93.6 Å². The Balaban J connectivity index is 2.61. The first-order valence-electron chi connectivity index (χ1n) is 11.1. The molecule has 1 unspecified atom stereocenters. The van der Waals surface area contributed by atoms with Crippen LogP contribution >= 0.6 is 0 Å². The topological polar surface area (TPSA) is 107 Å². The van der Waals surface area contributed by atoms with Crippen LogP contribution in [0.5, 0.6) is 5.75 Å². The molecule has 0 fully saturated rings. The van der Waals surface area contributed by atoms with Crippen LogP contribution in [0.25, 0.3) is 0 Å². The Morgan fingerprint density at radius 1 is 1.06 bits per heavy atom. The fraction of sp³-hybridized carbons (Fsp3) is 0.636. The summed E-state index contributed by atoms with van der Waals surface area (Å²) in [5.41, 5.74) is 0.706. The first-order chi connectivity index (χ1) is 16.9. The average molecular weight is 530 g/mol. The molecule has 0 aliphatic heterocycles. The summed E-state index contributed by atoms with van der Waals surface area (Å²) in [5.74, 6) is -0.650. The lowest BCUT2D eigenvalue weighted by molar-refractivity contribution is -0.391. The van der Waals surface area contributed by atoms with Gasteiger partial charge in [0.1, 0.15) is 12.4 Å². The maximum absolute atomic E-state index is 12.9. The molecule has 1 atom stereocenters. The Labute approximate surface area is 205 Å². The van der Waals surface area contributed by atoms with E-state index in [1.165, 1.54) is 12.0 Å². The fourth-order valence-corrected chi connectivity index (χ4v) is 2.85. The number of carboxylic acid groups (broad SMARTS) is 1. The summed E-state index contributed by atoms with van der Waals surface area (Å²) in [6.45, 7) is 1.24. The normalized spacial score (nSPS) is 12.8. The minimum atomic E-state index is -5.83. The number of hydrogen-bond acceptors (Lipinski definition) is 6. The molecule has 0 bridgehead atoms. The Bertz CT molecular complexity index is 794. The molecule has 206 valence electrons. The predicted octanol–water partition coefficient (Wildman–Crippen LogP) is 3.32. The number of carbonyl (C=O) groups is 2. The number of aliphatic carboxylic acids is 1. The van der Waals surface area contributed by atoms with Gasteiger partial charge in [-0.1, -0.05) is 12.1 Å². The number of methoxy groups -OCH3 is 1. The molecule has 0 saturated heterocycles. The van der Waals surface area contributed by atoms with Crippen LogP contribution in [-0.2, 0) is 25.4 Å². The number of benzene rings is 1. The number of hydrogen-bond donors (Lipinski definition) is 2. The number of urea groups is 1. The number of alkyl halides is 5. The van der Waals surface area contributed by atoms with E-state index in [2.05, 4.69) is 10.1 Å². The average Bonchev–Trinajstić information content (AvgIpc) is 2.80. The van der Waals surface area contributed by atoms with Crippen molar-refractivity contribution in [3.05, 3.63) is 29.8 Å². The highest BCUT2D eigenvalue weighted by molar-refractivity contribution is 5.74. The van der Waals surface area contributed by atoms with Crippen LogP contribution in [0.2, 0.25) is 0 Å². The maximum atomic E-state index is 12.9. The number of nitrogens with zero attached hydrogens (tertiary/aromatic N) is 1. The van der Waals surface area contributed by atoms with Crippen molar-refractivity contribution < 1.29 is 55.6 Å². The van der Waals surface area contributed by atoms with E-state index < -0.39 is 37.0 Å². The molecule has 0 spiro atoms. The molecule has 0 radical (unpaired) electrons. The Morgan fingerprint density at radius 3 is 2.28 bits per heavy atom. The van der Waals surface area contributed by atoms with Crippen molar-refractivity contribution >= 4 is 12.0 Å². The summed E-state index contributed by atoms with van der Waals surface area (Å²) >= 11 is 0. The summed E-state index contributed by atoms with van der Waals surface area (Å²) in [4.78, 5) is 24.7. The number of carboxylic acids is 1. The van der Waals surface area contributed by atoms with Gasteiger partial charge < -0.3 is 34.3 Å². The number of carbonyl (C=O) groups excluding carboxylic acids is 1. The highest BCUT2D eigenvalue weighted by Crippen LogP contribution is 2.36. The number of halogens is 5. The number of amides is 2. The standard InChI is InChI=1S/C22H31F5N2O7/c1-3-34-18(19(30)31)15-16-5-7-17(8-6-16)35-14-11-29(20(32)28-9-13-33-2)10-4-12-36-22(26,27)21(23,24)25/h5-8,18H,3-4,9-15H2,1-2H3,(H,28,32)(H,30,31). The highest BCUT2D eigenvalue weighted by atomic mass is 19.4. The van der Waals surface area contributed by atoms with Crippen LogP contribution in [0.3, 0.4) is 0 Å². The summed E-state index contributed by atoms with van der Waals surface area (Å²) < 4.78 is 81.6. The van der Waals surface area contributed by atoms with E-state index in [1.54, 1.807) is 31.2 Å². The van der Waals surface area contributed by atoms with Crippen LogP contribution in [0.1, 0.15) is 18.9 Å². The third kappa shape index (κ3) is 11.4. The first-order valence-corrected chi connectivity index (χ1v) is 11.1. The van der Waals surface area contributed by atoms with Gasteiger partial charge in [-0.3, -0.25) is 0 Å². The fourth-order valence-electron chi connectivity index (χ4n) is 2.85. The monoisotopic (exact) mass is 530 g/mol. The van der Waals surface area contributed by atoms with Gasteiger partial charge in [-0.2, -0.15) is 22.0 Å². The molecule has 1 aromatic rings. The summed E-state index contributed by atoms with van der Waals surface area (Å²) in [7, 11) is 1.43. The van der Waals surface area contributed by atoms with Gasteiger partial charge in [0.25, 0.3) is 0 Å². The molecule has 1 rings (SSSR count). The van der Waals surface area contributed by atoms with Crippen LogP contribution in [0, 0.1) is 0 Å². The zero-order valence-electron chi connectivity index (χ0n) is 20.0. The van der Waals surface area contributed by atoms with Crippen molar-refractivity contribution in [1.82, 2.24) is 10.2 Å². The zero-order valence-corrected chi connectivity index (χ0v) is 20.0. The number of rotatable bonds is 17. The van der Waals surface area contributed by atoms with E-state index in [4.69, 9.17) is 19.3 Å². The molecule has 36 heavy (non-hydrogen) atoms. The molecule has 2 amide bonds. The van der Waals surface area contributed by atoms with Gasteiger partial charge in [-0.15, -0.1) is 0 Å². The zero-order chi connectivity index (χ0) is 27.2. The maximum Gasteiger partial charge on any atom is 0.482 e. The van der Waals surface area contributed by atoms with Crippen LogP contribution < -0.4 is 10.1 Å². The SMILES string of the molecule is CCOC(Cc1ccc(OCCN(CCCOC(F)(F)C(F)(F)F)C(=O)NCCOC)cc1)C(=O)O. The molecule has 14 heteroatoms. The lowest BCUT2D eigenvalue weighted by Gasteiger charge is -2.24. The lowest BCUT2D eigenvalue weighted by Crippen LogP contribution is -2.44.